The van der Waals surface area contributed by atoms with Crippen LogP contribution in [0.25, 0.3) is 11.2 Å². The molecule has 1 aliphatic heterocycles. The molecule has 3 rings (SSSR count). The number of nitrogen functional groups attached to an aromatic ring is 1. The van der Waals surface area contributed by atoms with Gasteiger partial charge in [0.15, 0.2) is 34.3 Å². The molecule has 0 radical (unpaired) electrons. The van der Waals surface area contributed by atoms with Gasteiger partial charge in [0, 0.05) is 4.57 Å². The summed E-state index contributed by atoms with van der Waals surface area (Å²) in [6.45, 7) is 21.9. The fourth-order valence-corrected chi connectivity index (χ4v) is 6.59. The SMILES string of the molecule is CO[P+](=O)OCC1OC(n2cnc3c(N)ncnc32)C(O[Si](C)(C)C(C)(C)C)C1O[Si](C)(C)C(C)(C)C. The zero-order valence-electron chi connectivity index (χ0n) is 23.9. The molecule has 0 spiro atoms. The van der Waals surface area contributed by atoms with Crippen LogP contribution >= 0.6 is 8.25 Å². The van der Waals surface area contributed by atoms with Gasteiger partial charge in [-0.15, -0.1) is 9.05 Å². The van der Waals surface area contributed by atoms with Crippen molar-refractivity contribution in [1.82, 2.24) is 19.5 Å². The van der Waals surface area contributed by atoms with Gasteiger partial charge in [-0.3, -0.25) is 4.57 Å². The standard InChI is InChI=1S/C23H43N5O6PSi2/c1-22(2,3)36(8,9)33-17-15(12-31-35(29)30-7)32-21(18(17)34-37(10,11)23(4,5)6)28-14-27-16-19(24)25-13-26-20(16)28/h13-15,17-18,21H,12H2,1-11H3,(H2,24,25,26)/q+1. The van der Waals surface area contributed by atoms with Gasteiger partial charge in [0.05, 0.1) is 13.4 Å². The number of nitrogens with zero attached hydrogens (tertiary/aromatic N) is 4. The molecule has 0 aromatic carbocycles. The Bertz CT molecular complexity index is 1120. The molecule has 1 aliphatic rings. The lowest BCUT2D eigenvalue weighted by Crippen LogP contribution is -2.54. The van der Waals surface area contributed by atoms with Gasteiger partial charge in [-0.1, -0.05) is 41.5 Å². The summed E-state index contributed by atoms with van der Waals surface area (Å²) in [5.41, 5.74) is 7.09. The summed E-state index contributed by atoms with van der Waals surface area (Å²) in [5, 5.41) is -0.115. The minimum atomic E-state index is -2.31. The van der Waals surface area contributed by atoms with Gasteiger partial charge in [0.1, 0.15) is 36.8 Å². The Morgan fingerprint density at radius 3 is 2.11 bits per heavy atom. The van der Waals surface area contributed by atoms with Gasteiger partial charge in [0.25, 0.3) is 0 Å². The summed E-state index contributed by atoms with van der Waals surface area (Å²) >= 11 is 0. The molecule has 0 aliphatic carbocycles. The monoisotopic (exact) mass is 572 g/mol. The number of hydrogen-bond donors (Lipinski definition) is 1. The van der Waals surface area contributed by atoms with Crippen LogP contribution in [-0.4, -0.2) is 68.2 Å². The van der Waals surface area contributed by atoms with E-state index in [-0.39, 0.29) is 22.5 Å². The van der Waals surface area contributed by atoms with Crippen LogP contribution in [0.1, 0.15) is 47.8 Å². The van der Waals surface area contributed by atoms with Crippen molar-refractivity contribution in [2.24, 2.45) is 0 Å². The Labute approximate surface area is 223 Å². The molecule has 3 heterocycles. The fourth-order valence-electron chi connectivity index (χ4n) is 3.61. The topological polar surface area (TPSA) is 133 Å². The lowest BCUT2D eigenvalue weighted by molar-refractivity contribution is -0.0457. The third-order valence-corrected chi connectivity index (χ3v) is 17.5. The molecule has 37 heavy (non-hydrogen) atoms. The highest BCUT2D eigenvalue weighted by Gasteiger charge is 2.55. The molecule has 2 aromatic rings. The maximum Gasteiger partial charge on any atom is 0.697 e. The molecule has 0 saturated carbocycles. The normalized spacial score (nSPS) is 24.1. The first-order chi connectivity index (χ1) is 16.9. The van der Waals surface area contributed by atoms with Crippen molar-refractivity contribution in [2.45, 2.75) is 102 Å². The van der Waals surface area contributed by atoms with Crippen molar-refractivity contribution in [1.29, 1.82) is 0 Å². The molecule has 1 saturated heterocycles. The van der Waals surface area contributed by atoms with Gasteiger partial charge in [0.2, 0.25) is 0 Å². The minimum absolute atomic E-state index is 0.0138. The van der Waals surface area contributed by atoms with Crippen molar-refractivity contribution in [3.05, 3.63) is 12.7 Å². The van der Waals surface area contributed by atoms with Crippen LogP contribution in [-0.2, 0) is 27.2 Å². The van der Waals surface area contributed by atoms with Crippen molar-refractivity contribution < 1.29 is 27.2 Å². The molecule has 0 bridgehead atoms. The Morgan fingerprint density at radius 2 is 1.57 bits per heavy atom. The first kappa shape index (κ1) is 30.2. The molecule has 1 fully saturated rings. The van der Waals surface area contributed by atoms with E-state index in [0.717, 1.165) is 0 Å². The van der Waals surface area contributed by atoms with Crippen LogP contribution in [0.3, 0.4) is 0 Å². The molecule has 2 N–H and O–H groups in total. The van der Waals surface area contributed by atoms with Crippen molar-refractivity contribution >= 4 is 41.9 Å². The van der Waals surface area contributed by atoms with E-state index in [4.69, 9.17) is 28.4 Å². The van der Waals surface area contributed by atoms with Gasteiger partial charge in [-0.2, -0.15) is 0 Å². The van der Waals surface area contributed by atoms with E-state index >= 15 is 0 Å². The van der Waals surface area contributed by atoms with Crippen LogP contribution in [0.5, 0.6) is 0 Å². The second kappa shape index (κ2) is 10.7. The summed E-state index contributed by atoms with van der Waals surface area (Å²) in [6.07, 6.45) is 0.860. The van der Waals surface area contributed by atoms with Gasteiger partial charge < -0.3 is 19.3 Å². The average molecular weight is 573 g/mol. The Morgan fingerprint density at radius 1 is 1.00 bits per heavy atom. The maximum absolute atomic E-state index is 12.0. The summed E-state index contributed by atoms with van der Waals surface area (Å²) in [6, 6.07) is 0. The van der Waals surface area contributed by atoms with Crippen LogP contribution in [0.15, 0.2) is 12.7 Å². The maximum atomic E-state index is 12.0. The molecule has 2 aromatic heterocycles. The number of hydrogen-bond acceptors (Lipinski definition) is 10. The highest BCUT2D eigenvalue weighted by Crippen LogP contribution is 2.46. The molecular weight excluding hydrogens is 529 g/mol. The molecule has 11 nitrogen and oxygen atoms in total. The van der Waals surface area contributed by atoms with Crippen LogP contribution in [0, 0.1) is 0 Å². The van der Waals surface area contributed by atoms with Gasteiger partial charge in [-0.05, 0) is 36.3 Å². The zero-order valence-corrected chi connectivity index (χ0v) is 26.8. The second-order valence-corrected chi connectivity index (χ2v) is 23.1. The first-order valence-electron chi connectivity index (χ1n) is 12.5. The molecule has 5 unspecified atom stereocenters. The third kappa shape index (κ3) is 6.30. The number of imidazole rings is 1. The Hall–Kier alpha value is -1.32. The number of nitrogens with two attached hydrogens (primary N) is 1. The molecule has 0 amide bonds. The number of aromatic nitrogens is 4. The first-order valence-corrected chi connectivity index (χ1v) is 19.4. The van der Waals surface area contributed by atoms with E-state index in [1.165, 1.54) is 13.4 Å². The Kier molecular flexibility index (Phi) is 8.73. The summed E-state index contributed by atoms with van der Waals surface area (Å²) in [7, 11) is -5.54. The minimum Gasteiger partial charge on any atom is -0.408 e. The van der Waals surface area contributed by atoms with Crippen molar-refractivity contribution in [3.8, 4) is 0 Å². The van der Waals surface area contributed by atoms with E-state index in [1.54, 1.807) is 6.33 Å². The lowest BCUT2D eigenvalue weighted by atomic mass is 10.1. The third-order valence-electron chi connectivity index (χ3n) is 7.91. The zero-order chi connectivity index (χ0) is 28.0. The van der Waals surface area contributed by atoms with E-state index in [2.05, 4.69) is 82.7 Å². The number of fused-ring (bicyclic) bond motifs is 1. The highest BCUT2D eigenvalue weighted by molar-refractivity contribution is 7.33. The smallest absolute Gasteiger partial charge is 0.408 e. The highest BCUT2D eigenvalue weighted by atomic mass is 31.1. The van der Waals surface area contributed by atoms with Gasteiger partial charge >= 0.3 is 8.25 Å². The molecular formula is C23H43N5O6PSi2+. The van der Waals surface area contributed by atoms with Crippen LogP contribution in [0.4, 0.5) is 5.82 Å². The van der Waals surface area contributed by atoms with E-state index in [0.29, 0.717) is 11.2 Å². The number of anilines is 1. The van der Waals surface area contributed by atoms with Crippen LogP contribution < -0.4 is 5.73 Å². The van der Waals surface area contributed by atoms with Crippen LogP contribution in [0.2, 0.25) is 36.3 Å². The predicted molar refractivity (Wildman–Crippen MR) is 148 cm³/mol. The summed E-state index contributed by atoms with van der Waals surface area (Å²) < 4.78 is 44.8. The lowest BCUT2D eigenvalue weighted by Gasteiger charge is -2.44. The summed E-state index contributed by atoms with van der Waals surface area (Å²) in [5.74, 6) is 0.287. The number of ether oxygens (including phenoxy) is 1. The fraction of sp³-hybridized carbons (Fsp3) is 0.783. The molecule has 5 atom stereocenters. The largest absolute Gasteiger partial charge is 0.697 e. The molecule has 208 valence electrons. The van der Waals surface area contributed by atoms with Gasteiger partial charge in [-0.25, -0.2) is 15.0 Å². The van der Waals surface area contributed by atoms with E-state index < -0.39 is 49.4 Å². The number of rotatable bonds is 9. The summed E-state index contributed by atoms with van der Waals surface area (Å²) in [4.78, 5) is 12.9. The van der Waals surface area contributed by atoms with Crippen molar-refractivity contribution in [3.63, 3.8) is 0 Å². The van der Waals surface area contributed by atoms with E-state index in [9.17, 15) is 4.57 Å². The average Bonchev–Trinajstić information content (AvgIpc) is 3.32. The quantitative estimate of drug-likeness (QED) is 0.307. The van der Waals surface area contributed by atoms with Crippen molar-refractivity contribution in [2.75, 3.05) is 19.5 Å². The molecule has 14 heteroatoms. The second-order valence-electron chi connectivity index (χ2n) is 12.5. The van der Waals surface area contributed by atoms with E-state index in [1.807, 2.05) is 4.57 Å². The Balaban J connectivity index is 2.13. The predicted octanol–water partition coefficient (Wildman–Crippen LogP) is 5.41.